The van der Waals surface area contributed by atoms with E-state index in [1.807, 2.05) is 26.0 Å². The van der Waals surface area contributed by atoms with Crippen LogP contribution in [0.4, 0.5) is 20.2 Å². The number of carbonyl (C=O) groups excluding carboxylic acids is 2. The van der Waals surface area contributed by atoms with Crippen molar-refractivity contribution in [2.45, 2.75) is 13.8 Å². The van der Waals surface area contributed by atoms with Crippen LogP contribution in [0.15, 0.2) is 72.4 Å². The number of anilines is 2. The van der Waals surface area contributed by atoms with Crippen molar-refractivity contribution < 1.29 is 23.1 Å². The molecule has 162 valence electrons. The number of hydrogen-bond acceptors (Lipinski definition) is 4. The Bertz CT molecular complexity index is 1240. The van der Waals surface area contributed by atoms with Gasteiger partial charge < -0.3 is 10.1 Å². The Morgan fingerprint density at radius 2 is 1.66 bits per heavy atom. The minimum Gasteiger partial charge on any atom is -0.492 e. The van der Waals surface area contributed by atoms with Crippen LogP contribution in [0.5, 0.6) is 5.75 Å². The zero-order chi connectivity index (χ0) is 22.8. The lowest BCUT2D eigenvalue weighted by atomic mass is 10.0. The quantitative estimate of drug-likeness (QED) is 0.551. The molecule has 4 rings (SSSR count). The van der Waals surface area contributed by atoms with Gasteiger partial charge in [0.25, 0.3) is 11.8 Å². The van der Waals surface area contributed by atoms with Gasteiger partial charge in [0.05, 0.1) is 23.6 Å². The largest absolute Gasteiger partial charge is 0.492 e. The Morgan fingerprint density at radius 1 is 0.938 bits per heavy atom. The number of benzene rings is 3. The molecule has 0 bridgehead atoms. The van der Waals surface area contributed by atoms with Crippen molar-refractivity contribution >= 4 is 28.8 Å². The first-order valence-electron chi connectivity index (χ1n) is 10.0. The van der Waals surface area contributed by atoms with E-state index in [0.717, 1.165) is 22.6 Å². The molecule has 2 amide bonds. The SMILES string of the molecule is CCOc1ccccc1NC1=C(c2ccc(C)cc2)C(=O)N(c2ccc(F)cc2F)C1=O. The molecule has 0 atom stereocenters. The van der Waals surface area contributed by atoms with E-state index in [0.29, 0.717) is 29.7 Å². The van der Waals surface area contributed by atoms with Crippen LogP contribution in [0.2, 0.25) is 0 Å². The van der Waals surface area contributed by atoms with Gasteiger partial charge in [0.15, 0.2) is 0 Å². The number of rotatable bonds is 6. The van der Waals surface area contributed by atoms with Gasteiger partial charge >= 0.3 is 0 Å². The van der Waals surface area contributed by atoms with Crippen LogP contribution in [0.25, 0.3) is 5.57 Å². The summed E-state index contributed by atoms with van der Waals surface area (Å²) in [6.07, 6.45) is 0. The van der Waals surface area contributed by atoms with Crippen molar-refractivity contribution in [1.29, 1.82) is 0 Å². The fraction of sp³-hybridized carbons (Fsp3) is 0.120. The monoisotopic (exact) mass is 434 g/mol. The molecule has 5 nitrogen and oxygen atoms in total. The molecular weight excluding hydrogens is 414 g/mol. The Hall–Kier alpha value is -4.00. The second kappa shape index (κ2) is 8.63. The van der Waals surface area contributed by atoms with Crippen molar-refractivity contribution in [2.75, 3.05) is 16.8 Å². The van der Waals surface area contributed by atoms with Crippen LogP contribution >= 0.6 is 0 Å². The lowest BCUT2D eigenvalue weighted by molar-refractivity contribution is -0.120. The van der Waals surface area contributed by atoms with Crippen LogP contribution in [-0.4, -0.2) is 18.4 Å². The highest BCUT2D eigenvalue weighted by atomic mass is 19.1. The van der Waals surface area contributed by atoms with Gasteiger partial charge in [-0.25, -0.2) is 13.7 Å². The number of nitrogens with zero attached hydrogens (tertiary/aromatic N) is 1. The van der Waals surface area contributed by atoms with Gasteiger partial charge in [-0.3, -0.25) is 9.59 Å². The van der Waals surface area contributed by atoms with E-state index in [1.165, 1.54) is 0 Å². The Morgan fingerprint density at radius 3 is 2.34 bits per heavy atom. The summed E-state index contributed by atoms with van der Waals surface area (Å²) < 4.78 is 33.5. The summed E-state index contributed by atoms with van der Waals surface area (Å²) in [5, 5.41) is 3.01. The van der Waals surface area contributed by atoms with E-state index < -0.39 is 23.4 Å². The number of amides is 2. The van der Waals surface area contributed by atoms with Crippen molar-refractivity contribution in [1.82, 2.24) is 0 Å². The molecule has 0 saturated heterocycles. The predicted octanol–water partition coefficient (Wildman–Crippen LogP) is 5.07. The number of ether oxygens (including phenoxy) is 1. The summed E-state index contributed by atoms with van der Waals surface area (Å²) >= 11 is 0. The lowest BCUT2D eigenvalue weighted by Crippen LogP contribution is -2.33. The van der Waals surface area contributed by atoms with E-state index >= 15 is 0 Å². The molecule has 7 heteroatoms. The smallest absolute Gasteiger partial charge is 0.282 e. The summed E-state index contributed by atoms with van der Waals surface area (Å²) in [4.78, 5) is 27.4. The number of carbonyl (C=O) groups is 2. The fourth-order valence-electron chi connectivity index (χ4n) is 3.50. The maximum absolute atomic E-state index is 14.5. The van der Waals surface area contributed by atoms with Crippen molar-refractivity contribution in [2.24, 2.45) is 0 Å². The molecular formula is C25H20F2N2O3. The highest BCUT2D eigenvalue weighted by molar-refractivity contribution is 6.46. The van der Waals surface area contributed by atoms with Crippen LogP contribution in [0.3, 0.4) is 0 Å². The molecule has 1 aliphatic heterocycles. The van der Waals surface area contributed by atoms with Crippen LogP contribution < -0.4 is 15.0 Å². The summed E-state index contributed by atoms with van der Waals surface area (Å²) in [7, 11) is 0. The molecule has 1 aliphatic rings. The van der Waals surface area contributed by atoms with Gasteiger partial charge in [0.2, 0.25) is 0 Å². The molecule has 0 aromatic heterocycles. The molecule has 1 N–H and O–H groups in total. The Balaban J connectivity index is 1.84. The zero-order valence-electron chi connectivity index (χ0n) is 17.5. The van der Waals surface area contributed by atoms with Crippen LogP contribution in [0.1, 0.15) is 18.1 Å². The number of halogens is 2. The molecule has 3 aromatic carbocycles. The third-order valence-corrected chi connectivity index (χ3v) is 5.02. The van der Waals surface area contributed by atoms with Crippen molar-refractivity contribution in [3.8, 4) is 5.75 Å². The molecule has 0 aliphatic carbocycles. The van der Waals surface area contributed by atoms with E-state index in [1.54, 1.807) is 36.4 Å². The number of imide groups is 1. The third-order valence-electron chi connectivity index (χ3n) is 5.02. The highest BCUT2D eigenvalue weighted by Gasteiger charge is 2.41. The van der Waals surface area contributed by atoms with Gasteiger partial charge in [-0.2, -0.15) is 0 Å². The first-order valence-corrected chi connectivity index (χ1v) is 10.0. The second-order valence-corrected chi connectivity index (χ2v) is 7.21. The summed E-state index contributed by atoms with van der Waals surface area (Å²) in [6.45, 7) is 4.14. The number of para-hydroxylation sites is 2. The van der Waals surface area contributed by atoms with Crippen molar-refractivity contribution in [3.05, 3.63) is 95.2 Å². The minimum atomic E-state index is -1.01. The molecule has 3 aromatic rings. The standard InChI is InChI=1S/C25H20F2N2O3/c1-3-32-21-7-5-4-6-19(21)28-23-22(16-10-8-15(2)9-11-16)24(30)29(25(23)31)20-13-12-17(26)14-18(20)27/h4-14,28H,3H2,1-2H3. The van der Waals surface area contributed by atoms with Gasteiger partial charge in [-0.1, -0.05) is 42.0 Å². The first-order chi connectivity index (χ1) is 15.4. The summed E-state index contributed by atoms with van der Waals surface area (Å²) in [5.74, 6) is -2.77. The van der Waals surface area contributed by atoms with Gasteiger partial charge in [0.1, 0.15) is 23.1 Å². The lowest BCUT2D eigenvalue weighted by Gasteiger charge is -2.16. The molecule has 32 heavy (non-hydrogen) atoms. The van der Waals surface area contributed by atoms with E-state index in [2.05, 4.69) is 5.32 Å². The fourth-order valence-corrected chi connectivity index (χ4v) is 3.50. The molecule has 0 fully saturated rings. The second-order valence-electron chi connectivity index (χ2n) is 7.21. The van der Waals surface area contributed by atoms with Crippen LogP contribution in [-0.2, 0) is 9.59 Å². The van der Waals surface area contributed by atoms with Gasteiger partial charge in [0, 0.05) is 6.07 Å². The van der Waals surface area contributed by atoms with Crippen LogP contribution in [0, 0.1) is 18.6 Å². The molecule has 0 unspecified atom stereocenters. The topological polar surface area (TPSA) is 58.6 Å². The van der Waals surface area contributed by atoms with E-state index in [-0.39, 0.29) is 17.0 Å². The van der Waals surface area contributed by atoms with Gasteiger partial charge in [-0.15, -0.1) is 0 Å². The molecule has 0 saturated carbocycles. The summed E-state index contributed by atoms with van der Waals surface area (Å²) in [6, 6.07) is 16.8. The maximum atomic E-state index is 14.5. The number of aryl methyl sites for hydroxylation is 1. The Labute approximate surface area is 183 Å². The minimum absolute atomic E-state index is 0.0188. The maximum Gasteiger partial charge on any atom is 0.282 e. The normalized spacial score (nSPS) is 13.7. The average Bonchev–Trinajstić information content (AvgIpc) is 3.00. The zero-order valence-corrected chi connectivity index (χ0v) is 17.5. The highest BCUT2D eigenvalue weighted by Crippen LogP contribution is 2.36. The van der Waals surface area contributed by atoms with Gasteiger partial charge in [-0.05, 0) is 43.7 Å². The molecule has 0 spiro atoms. The van der Waals surface area contributed by atoms with E-state index in [9.17, 15) is 18.4 Å². The Kier molecular flexibility index (Phi) is 5.73. The molecule has 0 radical (unpaired) electrons. The number of hydrogen-bond donors (Lipinski definition) is 1. The summed E-state index contributed by atoms with van der Waals surface area (Å²) in [5.41, 5.74) is 1.70. The first kappa shape index (κ1) is 21.2. The predicted molar refractivity (Wildman–Crippen MR) is 118 cm³/mol. The number of nitrogens with one attached hydrogen (secondary N) is 1. The van der Waals surface area contributed by atoms with Crippen molar-refractivity contribution in [3.63, 3.8) is 0 Å². The molecule has 1 heterocycles. The third kappa shape index (κ3) is 3.85. The van der Waals surface area contributed by atoms with E-state index in [4.69, 9.17) is 4.74 Å². The average molecular weight is 434 g/mol.